The maximum Gasteiger partial charge on any atom is 0.129 e. The third kappa shape index (κ3) is 1.98. The summed E-state index contributed by atoms with van der Waals surface area (Å²) in [5.41, 5.74) is 0.790. The van der Waals surface area contributed by atoms with E-state index in [-0.39, 0.29) is 11.9 Å². The zero-order valence-electron chi connectivity index (χ0n) is 8.06. The second kappa shape index (κ2) is 3.99. The molecule has 1 nitrogen and oxygen atoms in total. The molecule has 1 atom stereocenters. The highest BCUT2D eigenvalue weighted by Crippen LogP contribution is 2.41. The number of halogens is 2. The average molecular weight is 258 g/mol. The molecule has 0 spiro atoms. The van der Waals surface area contributed by atoms with E-state index in [0.717, 1.165) is 10.0 Å². The van der Waals surface area contributed by atoms with Gasteiger partial charge < -0.3 is 5.32 Å². The fourth-order valence-corrected chi connectivity index (χ4v) is 2.16. The van der Waals surface area contributed by atoms with Crippen molar-refractivity contribution >= 4 is 15.9 Å². The predicted octanol–water partition coefficient (Wildman–Crippen LogP) is 3.26. The monoisotopic (exact) mass is 257 g/mol. The molecule has 0 saturated heterocycles. The van der Waals surface area contributed by atoms with Gasteiger partial charge in [-0.2, -0.15) is 0 Å². The second-order valence-corrected chi connectivity index (χ2v) is 4.69. The van der Waals surface area contributed by atoms with E-state index in [9.17, 15) is 4.39 Å². The molecule has 1 aromatic carbocycles. The van der Waals surface area contributed by atoms with Crippen LogP contribution in [-0.4, -0.2) is 7.05 Å². The molecule has 1 N–H and O–H groups in total. The first-order valence-electron chi connectivity index (χ1n) is 4.84. The van der Waals surface area contributed by atoms with E-state index in [4.69, 9.17) is 0 Å². The lowest BCUT2D eigenvalue weighted by atomic mass is 10.0. The molecule has 14 heavy (non-hydrogen) atoms. The van der Waals surface area contributed by atoms with Crippen molar-refractivity contribution in [1.29, 1.82) is 0 Å². The van der Waals surface area contributed by atoms with Crippen molar-refractivity contribution in [2.24, 2.45) is 5.92 Å². The van der Waals surface area contributed by atoms with Crippen LogP contribution in [0.4, 0.5) is 4.39 Å². The molecule has 1 aliphatic carbocycles. The summed E-state index contributed by atoms with van der Waals surface area (Å²) in [4.78, 5) is 0. The lowest BCUT2D eigenvalue weighted by Gasteiger charge is -2.16. The molecule has 0 heterocycles. The standard InChI is InChI=1S/C11H13BrFN/c1-14-11(7-2-3-7)9-5-4-8(12)6-10(9)13/h4-7,11,14H,2-3H2,1H3. The van der Waals surface area contributed by atoms with Crippen molar-refractivity contribution in [2.45, 2.75) is 18.9 Å². The molecule has 0 bridgehead atoms. The topological polar surface area (TPSA) is 12.0 Å². The van der Waals surface area contributed by atoms with Crippen LogP contribution in [0.15, 0.2) is 22.7 Å². The SMILES string of the molecule is CNC(c1ccc(Br)cc1F)C1CC1. The van der Waals surface area contributed by atoms with Crippen LogP contribution in [0.3, 0.4) is 0 Å². The summed E-state index contributed by atoms with van der Waals surface area (Å²) in [6.07, 6.45) is 2.42. The third-order valence-electron chi connectivity index (χ3n) is 2.70. The van der Waals surface area contributed by atoms with Crippen molar-refractivity contribution in [1.82, 2.24) is 5.32 Å². The van der Waals surface area contributed by atoms with Crippen molar-refractivity contribution in [3.63, 3.8) is 0 Å². The zero-order chi connectivity index (χ0) is 10.1. The Balaban J connectivity index is 2.29. The van der Waals surface area contributed by atoms with Crippen LogP contribution in [0.25, 0.3) is 0 Å². The van der Waals surface area contributed by atoms with Crippen LogP contribution in [0.5, 0.6) is 0 Å². The highest BCUT2D eigenvalue weighted by Gasteiger charge is 2.32. The molecule has 1 fully saturated rings. The quantitative estimate of drug-likeness (QED) is 0.877. The fourth-order valence-electron chi connectivity index (χ4n) is 1.83. The van der Waals surface area contributed by atoms with Gasteiger partial charge in [0, 0.05) is 16.1 Å². The van der Waals surface area contributed by atoms with Gasteiger partial charge in [0.2, 0.25) is 0 Å². The first-order valence-corrected chi connectivity index (χ1v) is 5.64. The summed E-state index contributed by atoms with van der Waals surface area (Å²) < 4.78 is 14.4. The Morgan fingerprint density at radius 3 is 2.71 bits per heavy atom. The van der Waals surface area contributed by atoms with Gasteiger partial charge in [0.15, 0.2) is 0 Å². The Hall–Kier alpha value is -0.410. The van der Waals surface area contributed by atoms with E-state index >= 15 is 0 Å². The first-order chi connectivity index (χ1) is 6.72. The Morgan fingerprint density at radius 1 is 1.50 bits per heavy atom. The molecule has 3 heteroatoms. The summed E-state index contributed by atoms with van der Waals surface area (Å²) in [6.45, 7) is 0. The zero-order valence-corrected chi connectivity index (χ0v) is 9.64. The number of benzene rings is 1. The van der Waals surface area contributed by atoms with Gasteiger partial charge in [-0.05, 0) is 37.9 Å². The van der Waals surface area contributed by atoms with Gasteiger partial charge in [-0.3, -0.25) is 0 Å². The highest BCUT2D eigenvalue weighted by molar-refractivity contribution is 9.10. The fraction of sp³-hybridized carbons (Fsp3) is 0.455. The van der Waals surface area contributed by atoms with Crippen LogP contribution < -0.4 is 5.32 Å². The van der Waals surface area contributed by atoms with E-state index in [2.05, 4.69) is 21.2 Å². The normalized spacial score (nSPS) is 18.2. The van der Waals surface area contributed by atoms with Crippen LogP contribution in [0, 0.1) is 11.7 Å². The van der Waals surface area contributed by atoms with Gasteiger partial charge in [-0.1, -0.05) is 22.0 Å². The summed E-state index contributed by atoms with van der Waals surface area (Å²) in [5.74, 6) is 0.501. The molecular formula is C11H13BrFN. The number of hydrogen-bond acceptors (Lipinski definition) is 1. The minimum Gasteiger partial charge on any atom is -0.313 e. The number of hydrogen-bond donors (Lipinski definition) is 1. The maximum atomic E-state index is 13.6. The molecule has 0 amide bonds. The molecule has 0 aromatic heterocycles. The second-order valence-electron chi connectivity index (χ2n) is 3.77. The number of rotatable bonds is 3. The Bertz CT molecular complexity index is 336. The smallest absolute Gasteiger partial charge is 0.129 e. The summed E-state index contributed by atoms with van der Waals surface area (Å²) in [7, 11) is 1.89. The maximum absolute atomic E-state index is 13.6. The van der Waals surface area contributed by atoms with Gasteiger partial charge in [0.05, 0.1) is 0 Å². The molecule has 2 rings (SSSR count). The predicted molar refractivity (Wildman–Crippen MR) is 58.6 cm³/mol. The van der Waals surface area contributed by atoms with Crippen LogP contribution in [0.1, 0.15) is 24.4 Å². The van der Waals surface area contributed by atoms with Crippen molar-refractivity contribution in [2.75, 3.05) is 7.05 Å². The van der Waals surface area contributed by atoms with E-state index < -0.39 is 0 Å². The van der Waals surface area contributed by atoms with Crippen LogP contribution >= 0.6 is 15.9 Å². The molecular weight excluding hydrogens is 245 g/mol. The molecule has 0 radical (unpaired) electrons. The average Bonchev–Trinajstić information content (AvgIpc) is 2.93. The van der Waals surface area contributed by atoms with Crippen molar-refractivity contribution < 1.29 is 4.39 Å². The molecule has 76 valence electrons. The van der Waals surface area contributed by atoms with Gasteiger partial charge >= 0.3 is 0 Å². The Labute approximate surface area is 91.8 Å². The van der Waals surface area contributed by atoms with Crippen molar-refractivity contribution in [3.8, 4) is 0 Å². The third-order valence-corrected chi connectivity index (χ3v) is 3.20. The first kappa shape index (κ1) is 10.1. The van der Waals surface area contributed by atoms with E-state index in [1.807, 2.05) is 19.2 Å². The molecule has 0 aliphatic heterocycles. The lowest BCUT2D eigenvalue weighted by Crippen LogP contribution is -2.19. The number of nitrogens with one attached hydrogen (secondary N) is 1. The van der Waals surface area contributed by atoms with E-state index in [1.165, 1.54) is 18.9 Å². The van der Waals surface area contributed by atoms with Gasteiger partial charge in [0.25, 0.3) is 0 Å². The highest BCUT2D eigenvalue weighted by atomic mass is 79.9. The van der Waals surface area contributed by atoms with Crippen molar-refractivity contribution in [3.05, 3.63) is 34.1 Å². The Kier molecular flexibility index (Phi) is 2.88. The van der Waals surface area contributed by atoms with Gasteiger partial charge in [-0.25, -0.2) is 4.39 Å². The lowest BCUT2D eigenvalue weighted by molar-refractivity contribution is 0.492. The van der Waals surface area contributed by atoms with Gasteiger partial charge in [-0.15, -0.1) is 0 Å². The minimum atomic E-state index is -0.120. The molecule has 1 aliphatic rings. The largest absolute Gasteiger partial charge is 0.313 e. The van der Waals surface area contributed by atoms with Crippen LogP contribution in [0.2, 0.25) is 0 Å². The van der Waals surface area contributed by atoms with Gasteiger partial charge in [0.1, 0.15) is 5.82 Å². The molecule has 1 aromatic rings. The van der Waals surface area contributed by atoms with E-state index in [1.54, 1.807) is 0 Å². The summed E-state index contributed by atoms with van der Waals surface area (Å²) in [6, 6.07) is 5.47. The summed E-state index contributed by atoms with van der Waals surface area (Å²) in [5, 5.41) is 3.19. The molecule has 1 saturated carbocycles. The Morgan fingerprint density at radius 2 is 2.21 bits per heavy atom. The minimum absolute atomic E-state index is 0.120. The van der Waals surface area contributed by atoms with E-state index in [0.29, 0.717) is 5.92 Å². The summed E-state index contributed by atoms with van der Waals surface area (Å²) >= 11 is 3.26. The molecule has 1 unspecified atom stereocenters. The van der Waals surface area contributed by atoms with Crippen LogP contribution in [-0.2, 0) is 0 Å².